The maximum Gasteiger partial charge on any atom is 0.101 e. The van der Waals surface area contributed by atoms with Crippen molar-refractivity contribution in [3.63, 3.8) is 0 Å². The molecule has 68 heavy (non-hydrogen) atoms. The molecule has 0 saturated carbocycles. The molecular weight excluding hydrogens is 841 g/mol. The Kier molecular flexibility index (Phi) is 9.62. The highest BCUT2D eigenvalue weighted by atomic mass is 32.1. The minimum Gasteiger partial charge on any atom is -0.309 e. The molecule has 2 nitrogen and oxygen atoms in total. The molecule has 13 rings (SSSR count). The highest BCUT2D eigenvalue weighted by molar-refractivity contribution is 7.19. The van der Waals surface area contributed by atoms with E-state index in [1.165, 1.54) is 88.0 Å². The van der Waals surface area contributed by atoms with Crippen LogP contribution in [-0.2, 0) is 5.41 Å². The zero-order chi connectivity index (χ0) is 45.0. The number of nitrogens with zero attached hydrogens (tertiary/aromatic N) is 2. The molecule has 0 amide bonds. The van der Waals surface area contributed by atoms with E-state index in [0.29, 0.717) is 0 Å². The molecule has 0 unspecified atom stereocenters. The van der Waals surface area contributed by atoms with Crippen molar-refractivity contribution < 1.29 is 0 Å². The second kappa shape index (κ2) is 16.4. The Balaban J connectivity index is 0.992. The molecule has 10 aromatic carbocycles. The van der Waals surface area contributed by atoms with Crippen molar-refractivity contribution in [2.45, 2.75) is 5.41 Å². The van der Waals surface area contributed by atoms with Crippen molar-refractivity contribution in [1.82, 2.24) is 4.57 Å². The molecule has 0 radical (unpaired) electrons. The van der Waals surface area contributed by atoms with Crippen molar-refractivity contribution in [3.8, 4) is 49.5 Å². The summed E-state index contributed by atoms with van der Waals surface area (Å²) < 4.78 is 2.54. The van der Waals surface area contributed by atoms with Gasteiger partial charge in [0.1, 0.15) is 5.00 Å². The van der Waals surface area contributed by atoms with Gasteiger partial charge in [-0.25, -0.2) is 0 Å². The largest absolute Gasteiger partial charge is 0.309 e. The smallest absolute Gasteiger partial charge is 0.101 e. The standard InChI is InChI=1S/C65H44N2S/c1-5-21-45(22-6-1)62-41-42-63(68-62)66(51-29-11-4-12-30-51)58-36-17-14-31-52(58)48-24-19-23-46(43-48)47-39-40-55-54-33-15-18-37-59(54)67(61(55)44-47)60-38-20-34-56-53-32-13-16-35-57(53)65(64(56)60,49-25-7-2-8-26-49)50-27-9-3-10-28-50/h1-44H. The van der Waals surface area contributed by atoms with Crippen molar-refractivity contribution in [3.05, 3.63) is 289 Å². The van der Waals surface area contributed by atoms with E-state index in [9.17, 15) is 0 Å². The van der Waals surface area contributed by atoms with Crippen LogP contribution >= 0.6 is 11.3 Å². The third-order valence-electron chi connectivity index (χ3n) is 13.9. The van der Waals surface area contributed by atoms with Gasteiger partial charge in [0.15, 0.2) is 0 Å². The summed E-state index contributed by atoms with van der Waals surface area (Å²) in [7, 11) is 0. The Morgan fingerprint density at radius 2 is 0.941 bits per heavy atom. The van der Waals surface area contributed by atoms with Crippen molar-refractivity contribution in [2.75, 3.05) is 4.90 Å². The van der Waals surface area contributed by atoms with E-state index in [-0.39, 0.29) is 0 Å². The van der Waals surface area contributed by atoms with Gasteiger partial charge in [0.25, 0.3) is 0 Å². The Morgan fingerprint density at radius 1 is 0.368 bits per heavy atom. The molecule has 0 saturated heterocycles. The molecule has 320 valence electrons. The quantitative estimate of drug-likeness (QED) is 0.140. The van der Waals surface area contributed by atoms with E-state index >= 15 is 0 Å². The van der Waals surface area contributed by atoms with Crippen LogP contribution in [-0.4, -0.2) is 4.57 Å². The SMILES string of the molecule is c1ccc(-c2ccc(N(c3ccccc3)c3ccccc3-c3cccc(-c4ccc5c6ccccc6n(-c6cccc7c6C(c6ccccc6)(c6ccccc6)c6ccccc6-7)c5c4)c3)s2)cc1. The molecule has 12 aromatic rings. The molecule has 0 bridgehead atoms. The van der Waals surface area contributed by atoms with Crippen LogP contribution in [0, 0.1) is 0 Å². The van der Waals surface area contributed by atoms with Crippen LogP contribution in [0.25, 0.3) is 71.3 Å². The van der Waals surface area contributed by atoms with Crippen LogP contribution in [0.1, 0.15) is 22.3 Å². The molecule has 2 heterocycles. The Bertz CT molecular complexity index is 3750. The third-order valence-corrected chi connectivity index (χ3v) is 15.0. The number of rotatable bonds is 9. The number of para-hydroxylation sites is 3. The van der Waals surface area contributed by atoms with E-state index in [4.69, 9.17) is 0 Å². The molecule has 1 aliphatic carbocycles. The molecular formula is C65H44N2S. The first-order valence-electron chi connectivity index (χ1n) is 23.3. The summed E-state index contributed by atoms with van der Waals surface area (Å²) in [6.45, 7) is 0. The molecule has 0 atom stereocenters. The molecule has 0 aliphatic heterocycles. The molecule has 3 heteroatoms. The third kappa shape index (κ3) is 6.31. The minimum absolute atomic E-state index is 0.554. The molecule has 0 N–H and O–H groups in total. The average Bonchev–Trinajstić information content (AvgIpc) is 4.12. The van der Waals surface area contributed by atoms with Gasteiger partial charge < -0.3 is 9.47 Å². The van der Waals surface area contributed by atoms with Gasteiger partial charge in [0.2, 0.25) is 0 Å². The first kappa shape index (κ1) is 39.8. The van der Waals surface area contributed by atoms with E-state index in [2.05, 4.69) is 276 Å². The Morgan fingerprint density at radius 3 is 1.72 bits per heavy atom. The fourth-order valence-corrected chi connectivity index (χ4v) is 12.1. The van der Waals surface area contributed by atoms with Crippen LogP contribution in [0.5, 0.6) is 0 Å². The summed E-state index contributed by atoms with van der Waals surface area (Å²) in [6, 6.07) is 98.0. The van der Waals surface area contributed by atoms with Crippen LogP contribution in [0.4, 0.5) is 16.4 Å². The van der Waals surface area contributed by atoms with E-state index < -0.39 is 5.41 Å². The van der Waals surface area contributed by atoms with Gasteiger partial charge in [-0.3, -0.25) is 0 Å². The van der Waals surface area contributed by atoms with Crippen LogP contribution < -0.4 is 4.90 Å². The second-order valence-electron chi connectivity index (χ2n) is 17.6. The summed E-state index contributed by atoms with van der Waals surface area (Å²) in [5.41, 5.74) is 18.8. The maximum atomic E-state index is 2.54. The number of hydrogen-bond acceptors (Lipinski definition) is 2. The highest BCUT2D eigenvalue weighted by Gasteiger charge is 2.48. The lowest BCUT2D eigenvalue weighted by molar-refractivity contribution is 0.762. The monoisotopic (exact) mass is 884 g/mol. The lowest BCUT2D eigenvalue weighted by atomic mass is 9.67. The van der Waals surface area contributed by atoms with Crippen LogP contribution in [0.15, 0.2) is 267 Å². The van der Waals surface area contributed by atoms with E-state index in [1.807, 2.05) is 11.3 Å². The van der Waals surface area contributed by atoms with Gasteiger partial charge in [-0.15, -0.1) is 11.3 Å². The molecule has 0 fully saturated rings. The first-order valence-corrected chi connectivity index (χ1v) is 24.2. The van der Waals surface area contributed by atoms with Crippen LogP contribution in [0.3, 0.4) is 0 Å². The normalized spacial score (nSPS) is 12.5. The fraction of sp³-hybridized carbons (Fsp3) is 0.0154. The number of aromatic nitrogens is 1. The number of benzene rings is 10. The predicted octanol–water partition coefficient (Wildman–Crippen LogP) is 17.7. The topological polar surface area (TPSA) is 8.17 Å². The number of anilines is 3. The minimum atomic E-state index is -0.554. The van der Waals surface area contributed by atoms with E-state index in [0.717, 1.165) is 21.9 Å². The Labute approximate surface area is 400 Å². The Hall–Kier alpha value is -8.50. The maximum absolute atomic E-state index is 2.54. The summed E-state index contributed by atoms with van der Waals surface area (Å²) in [5, 5.41) is 3.63. The number of thiophene rings is 1. The molecule has 1 aliphatic rings. The zero-order valence-electron chi connectivity index (χ0n) is 37.2. The average molecular weight is 885 g/mol. The second-order valence-corrected chi connectivity index (χ2v) is 18.6. The van der Waals surface area contributed by atoms with Gasteiger partial charge in [-0.2, -0.15) is 0 Å². The zero-order valence-corrected chi connectivity index (χ0v) is 38.0. The van der Waals surface area contributed by atoms with Gasteiger partial charge >= 0.3 is 0 Å². The lowest BCUT2D eigenvalue weighted by Crippen LogP contribution is -2.29. The van der Waals surface area contributed by atoms with E-state index in [1.54, 1.807) is 0 Å². The number of hydrogen-bond donors (Lipinski definition) is 0. The van der Waals surface area contributed by atoms with Gasteiger partial charge in [0, 0.05) is 32.5 Å². The summed E-state index contributed by atoms with van der Waals surface area (Å²) in [4.78, 5) is 3.65. The van der Waals surface area contributed by atoms with Gasteiger partial charge in [-0.1, -0.05) is 212 Å². The highest BCUT2D eigenvalue weighted by Crippen LogP contribution is 2.58. The summed E-state index contributed by atoms with van der Waals surface area (Å²) in [6.07, 6.45) is 0. The number of fused-ring (bicyclic) bond motifs is 6. The van der Waals surface area contributed by atoms with Crippen molar-refractivity contribution in [2.24, 2.45) is 0 Å². The first-order chi connectivity index (χ1) is 33.8. The molecule has 0 spiro atoms. The van der Waals surface area contributed by atoms with Gasteiger partial charge in [-0.05, 0) is 105 Å². The van der Waals surface area contributed by atoms with Crippen LogP contribution in [0.2, 0.25) is 0 Å². The predicted molar refractivity (Wildman–Crippen MR) is 287 cm³/mol. The summed E-state index contributed by atoms with van der Waals surface area (Å²) >= 11 is 1.81. The van der Waals surface area contributed by atoms with Gasteiger partial charge in [0.05, 0.1) is 27.8 Å². The van der Waals surface area contributed by atoms with Crippen molar-refractivity contribution in [1.29, 1.82) is 0 Å². The summed E-state index contributed by atoms with van der Waals surface area (Å²) in [5.74, 6) is 0. The fourth-order valence-electron chi connectivity index (χ4n) is 11.0. The lowest BCUT2D eigenvalue weighted by Gasteiger charge is -2.35. The molecule has 2 aromatic heterocycles. The van der Waals surface area contributed by atoms with Crippen molar-refractivity contribution >= 4 is 49.5 Å².